The van der Waals surface area contributed by atoms with E-state index in [-0.39, 0.29) is 10.3 Å². The molecule has 0 radical (unpaired) electrons. The van der Waals surface area contributed by atoms with E-state index in [1.165, 1.54) is 12.1 Å². The first-order valence-electron chi connectivity index (χ1n) is 6.39. The lowest BCUT2D eigenvalue weighted by atomic mass is 10.2. The Labute approximate surface area is 115 Å². The minimum Gasteiger partial charge on any atom is -0.166 e. The van der Waals surface area contributed by atoms with Gasteiger partial charge in [-0.15, -0.1) is 0 Å². The van der Waals surface area contributed by atoms with E-state index >= 15 is 0 Å². The topological polar surface area (TPSA) is 0 Å². The minimum atomic E-state index is -4.26. The molecule has 0 N–H and O–H groups in total. The molecule has 108 valence electrons. The number of rotatable bonds is 1. The van der Waals surface area contributed by atoms with Crippen LogP contribution in [0.25, 0.3) is 0 Å². The van der Waals surface area contributed by atoms with E-state index < -0.39 is 19.7 Å². The van der Waals surface area contributed by atoms with Gasteiger partial charge in [0.15, 0.2) is 0 Å². The molecular formula is C15H23F3P+. The summed E-state index contributed by atoms with van der Waals surface area (Å²) in [5.74, 6) is 0. The molecule has 4 heteroatoms. The van der Waals surface area contributed by atoms with Crippen molar-refractivity contribution in [3.8, 4) is 0 Å². The lowest BCUT2D eigenvalue weighted by Crippen LogP contribution is -2.31. The Hall–Kier alpha value is -0.560. The second-order valence-electron chi connectivity index (χ2n) is 6.95. The van der Waals surface area contributed by atoms with E-state index in [4.69, 9.17) is 0 Å². The monoisotopic (exact) mass is 291 g/mol. The van der Waals surface area contributed by atoms with Crippen molar-refractivity contribution in [2.24, 2.45) is 0 Å². The Kier molecular flexibility index (Phi) is 4.42. The van der Waals surface area contributed by atoms with Crippen molar-refractivity contribution >= 4 is 13.2 Å². The van der Waals surface area contributed by atoms with Crippen LogP contribution in [-0.2, 0) is 6.18 Å². The van der Waals surface area contributed by atoms with Crippen molar-refractivity contribution in [3.63, 3.8) is 0 Å². The molecular weight excluding hydrogens is 268 g/mol. The molecule has 0 aliphatic heterocycles. The molecule has 19 heavy (non-hydrogen) atoms. The summed E-state index contributed by atoms with van der Waals surface area (Å²) in [4.78, 5) is 0. The summed E-state index contributed by atoms with van der Waals surface area (Å²) in [6.07, 6.45) is -4.26. The van der Waals surface area contributed by atoms with Crippen LogP contribution in [0.15, 0.2) is 24.3 Å². The van der Waals surface area contributed by atoms with Gasteiger partial charge in [-0.05, 0) is 65.8 Å². The summed E-state index contributed by atoms with van der Waals surface area (Å²) in [5.41, 5.74) is -0.569. The Morgan fingerprint density at radius 3 is 1.37 bits per heavy atom. The fourth-order valence-electron chi connectivity index (χ4n) is 2.82. The lowest BCUT2D eigenvalue weighted by molar-refractivity contribution is -0.137. The van der Waals surface area contributed by atoms with Gasteiger partial charge >= 0.3 is 6.18 Å². The van der Waals surface area contributed by atoms with E-state index in [9.17, 15) is 13.2 Å². The van der Waals surface area contributed by atoms with E-state index in [0.29, 0.717) is 0 Å². The highest BCUT2D eigenvalue weighted by molar-refractivity contribution is 7.68. The maximum atomic E-state index is 12.6. The van der Waals surface area contributed by atoms with Gasteiger partial charge in [0.25, 0.3) is 0 Å². The predicted octanol–water partition coefficient (Wildman–Crippen LogP) is 5.14. The van der Waals surface area contributed by atoms with Crippen molar-refractivity contribution in [2.45, 2.75) is 58.0 Å². The first-order chi connectivity index (χ1) is 8.33. The van der Waals surface area contributed by atoms with E-state index in [1.807, 2.05) is 0 Å². The molecule has 0 spiro atoms. The summed E-state index contributed by atoms with van der Waals surface area (Å²) in [5, 5.41) is 1.27. The molecule has 1 aromatic rings. The molecule has 0 fully saturated rings. The summed E-state index contributed by atoms with van der Waals surface area (Å²) in [7, 11) is -0.982. The quantitative estimate of drug-likeness (QED) is 0.628. The second-order valence-corrected chi connectivity index (χ2v) is 11.3. The van der Waals surface area contributed by atoms with Gasteiger partial charge in [-0.25, -0.2) is 0 Å². The average Bonchev–Trinajstić information content (AvgIpc) is 2.12. The summed E-state index contributed by atoms with van der Waals surface area (Å²) >= 11 is 0. The molecule has 0 aliphatic rings. The van der Waals surface area contributed by atoms with E-state index in [1.54, 1.807) is 12.1 Å². The number of alkyl halides is 3. The summed E-state index contributed by atoms with van der Waals surface area (Å²) < 4.78 is 37.8. The molecule has 0 unspecified atom stereocenters. The zero-order valence-electron chi connectivity index (χ0n) is 12.4. The Morgan fingerprint density at radius 1 is 0.737 bits per heavy atom. The van der Waals surface area contributed by atoms with Gasteiger partial charge in [-0.2, -0.15) is 13.2 Å². The molecule has 0 saturated heterocycles. The van der Waals surface area contributed by atoms with Crippen molar-refractivity contribution in [3.05, 3.63) is 29.8 Å². The maximum Gasteiger partial charge on any atom is 0.416 e. The minimum absolute atomic E-state index is 0.0999. The smallest absolute Gasteiger partial charge is 0.166 e. The third-order valence-electron chi connectivity index (χ3n) is 3.00. The average molecular weight is 291 g/mol. The molecule has 1 aromatic carbocycles. The summed E-state index contributed by atoms with van der Waals surface area (Å²) in [6.45, 7) is 13.0. The molecule has 0 atom stereocenters. The van der Waals surface area contributed by atoms with Crippen LogP contribution < -0.4 is 5.30 Å². The lowest BCUT2D eigenvalue weighted by Gasteiger charge is -2.33. The first-order valence-corrected chi connectivity index (χ1v) is 7.89. The van der Waals surface area contributed by atoms with Gasteiger partial charge in [0, 0.05) is 7.92 Å². The fourth-order valence-corrected chi connectivity index (χ4v) is 7.30. The van der Waals surface area contributed by atoms with Crippen LogP contribution in [0, 0.1) is 0 Å². The zero-order chi connectivity index (χ0) is 15.1. The number of halogens is 3. The van der Waals surface area contributed by atoms with Crippen LogP contribution in [0.5, 0.6) is 0 Å². The van der Waals surface area contributed by atoms with Gasteiger partial charge in [0.1, 0.15) is 0 Å². The molecule has 0 nitrogen and oxygen atoms in total. The van der Waals surface area contributed by atoms with Gasteiger partial charge in [-0.1, -0.05) is 0 Å². The molecule has 0 saturated carbocycles. The van der Waals surface area contributed by atoms with Crippen molar-refractivity contribution in [1.82, 2.24) is 0 Å². The highest BCUT2D eigenvalue weighted by Gasteiger charge is 2.43. The normalized spacial score (nSPS) is 14.0. The second kappa shape index (κ2) is 5.09. The Morgan fingerprint density at radius 2 is 1.11 bits per heavy atom. The van der Waals surface area contributed by atoms with E-state index in [2.05, 4.69) is 41.5 Å². The number of hydrogen-bond acceptors (Lipinski definition) is 0. The standard InChI is InChI=1S/C15H22F3P/c1-13(2,3)19(14(4,5)6)12-9-7-11(8-10-12)15(16,17)18/h7-10H,1-6H3/p+1. The van der Waals surface area contributed by atoms with Gasteiger partial charge in [0.2, 0.25) is 0 Å². The van der Waals surface area contributed by atoms with Crippen molar-refractivity contribution < 1.29 is 13.2 Å². The summed E-state index contributed by atoms with van der Waals surface area (Å²) in [6, 6.07) is 5.73. The van der Waals surface area contributed by atoms with Crippen molar-refractivity contribution in [2.75, 3.05) is 0 Å². The maximum absolute atomic E-state index is 12.6. The zero-order valence-corrected chi connectivity index (χ0v) is 13.4. The first kappa shape index (κ1) is 16.5. The Balaban J connectivity index is 3.20. The van der Waals surface area contributed by atoms with Crippen LogP contribution in [0.4, 0.5) is 13.2 Å². The van der Waals surface area contributed by atoms with Crippen LogP contribution >= 0.6 is 7.92 Å². The Bertz CT molecular complexity index is 405. The van der Waals surface area contributed by atoms with Crippen LogP contribution in [0.1, 0.15) is 47.1 Å². The molecule has 1 rings (SSSR count). The largest absolute Gasteiger partial charge is 0.416 e. The fraction of sp³-hybridized carbons (Fsp3) is 0.600. The van der Waals surface area contributed by atoms with Crippen molar-refractivity contribution in [1.29, 1.82) is 0 Å². The van der Waals surface area contributed by atoms with Gasteiger partial charge < -0.3 is 0 Å². The number of benzene rings is 1. The highest BCUT2D eigenvalue weighted by Crippen LogP contribution is 2.58. The predicted molar refractivity (Wildman–Crippen MR) is 78.9 cm³/mol. The number of hydrogen-bond donors (Lipinski definition) is 0. The van der Waals surface area contributed by atoms with E-state index in [0.717, 1.165) is 5.30 Å². The van der Waals surface area contributed by atoms with Crippen LogP contribution in [0.2, 0.25) is 0 Å². The van der Waals surface area contributed by atoms with Gasteiger partial charge in [-0.3, -0.25) is 0 Å². The van der Waals surface area contributed by atoms with Gasteiger partial charge in [0.05, 0.1) is 21.2 Å². The van der Waals surface area contributed by atoms with Crippen LogP contribution in [0.3, 0.4) is 0 Å². The molecule has 0 amide bonds. The molecule has 0 aromatic heterocycles. The third-order valence-corrected chi connectivity index (χ3v) is 6.91. The SMILES string of the molecule is CC(C)(C)[PH+](c1ccc(C(F)(F)F)cc1)C(C)(C)C. The third kappa shape index (κ3) is 4.21. The molecule has 0 aliphatic carbocycles. The molecule has 0 heterocycles. The van der Waals surface area contributed by atoms with Crippen LogP contribution in [-0.4, -0.2) is 10.3 Å². The highest BCUT2D eigenvalue weighted by atomic mass is 31.1. The molecule has 0 bridgehead atoms.